The molecular formula is C4H4FO2Rf-. The van der Waals surface area contributed by atoms with E-state index in [0.717, 1.165) is 0 Å². The summed E-state index contributed by atoms with van der Waals surface area (Å²) in [6, 6.07) is 0. The Balaban J connectivity index is 0. The third-order valence-corrected chi connectivity index (χ3v) is 0.353. The minimum Gasteiger partial charge on any atom is -0.635 e. The molecule has 0 unspecified atom stereocenters. The molecule has 0 spiro atoms. The minimum atomic E-state index is -1.13. The Morgan fingerprint density at radius 2 is 2.12 bits per heavy atom. The number of halogens is 1. The molecular weight excluding hydrogens is 366 g/mol. The van der Waals surface area contributed by atoms with E-state index < -0.39 is 11.8 Å². The molecule has 0 rings (SSSR count). The van der Waals surface area contributed by atoms with Gasteiger partial charge in [0.25, 0.3) is 0 Å². The van der Waals surface area contributed by atoms with E-state index in [2.05, 4.69) is 18.4 Å². The van der Waals surface area contributed by atoms with Crippen LogP contribution in [-0.4, -0.2) is 5.97 Å². The predicted octanol–water partition coefficient (Wildman–Crippen LogP) is 0.804. The Morgan fingerprint density at radius 1 is 1.75 bits per heavy atom. The second-order valence-corrected chi connectivity index (χ2v) is 0.837. The van der Waals surface area contributed by atoms with Gasteiger partial charge in [0, 0.05) is 0 Å². The van der Waals surface area contributed by atoms with Gasteiger partial charge in [0.05, 0.1) is 0 Å². The maximum atomic E-state index is 11.4. The van der Waals surface area contributed by atoms with E-state index in [1.807, 2.05) is 0 Å². The van der Waals surface area contributed by atoms with E-state index in [1.165, 1.54) is 0 Å². The molecule has 0 aliphatic carbocycles. The zero-order chi connectivity index (χ0) is 5.86. The van der Waals surface area contributed by atoms with Crippen molar-refractivity contribution in [3.8, 4) is 0 Å². The number of esters is 1. The maximum Gasteiger partial charge on any atom is 0.334 e. The minimum absolute atomic E-state index is 0. The summed E-state index contributed by atoms with van der Waals surface area (Å²) in [5.74, 6) is -2.25. The van der Waals surface area contributed by atoms with Crippen LogP contribution in [0.2, 0.25) is 0 Å². The van der Waals surface area contributed by atoms with Crippen molar-refractivity contribution in [2.45, 2.75) is 0 Å². The van der Waals surface area contributed by atoms with Gasteiger partial charge in [0.2, 0.25) is 0 Å². The smallest absolute Gasteiger partial charge is 0.334 e. The Kier molecular flexibility index (Phi) is 3.94. The van der Waals surface area contributed by atoms with Gasteiger partial charge in [-0.25, -0.2) is 4.79 Å². The fourth-order valence-electron chi connectivity index (χ4n) is 0.0783. The number of carbonyl (C=O) groups excluding carboxylic acids is 1. The molecule has 0 bridgehead atoms. The van der Waals surface area contributed by atoms with Gasteiger partial charge in [-0.15, -0.1) is 0 Å². The van der Waals surface area contributed by atoms with E-state index in [1.54, 1.807) is 0 Å². The van der Waals surface area contributed by atoms with Crippen LogP contribution in [0.1, 0.15) is 0 Å². The SMILES string of the molecule is C=C(F)C(=O)O[CH2-].[Rf]. The molecule has 0 aromatic heterocycles. The Morgan fingerprint density at radius 3 is 2.12 bits per heavy atom. The second-order valence-electron chi connectivity index (χ2n) is 0.837. The van der Waals surface area contributed by atoms with E-state index in [9.17, 15) is 9.18 Å². The van der Waals surface area contributed by atoms with Gasteiger partial charge >= 0.3 is 5.97 Å². The van der Waals surface area contributed by atoms with E-state index in [-0.39, 0.29) is 0 Å². The molecule has 0 saturated heterocycles. The van der Waals surface area contributed by atoms with Crippen LogP contribution in [0.15, 0.2) is 12.4 Å². The summed E-state index contributed by atoms with van der Waals surface area (Å²) in [6.07, 6.45) is 0. The summed E-state index contributed by atoms with van der Waals surface area (Å²) in [5, 5.41) is 0. The molecule has 2 nitrogen and oxygen atoms in total. The third-order valence-electron chi connectivity index (χ3n) is 0.353. The van der Waals surface area contributed by atoms with Crippen LogP contribution in [-0.2, 0) is 9.53 Å². The van der Waals surface area contributed by atoms with Gasteiger partial charge in [-0.2, -0.15) is 11.5 Å². The molecule has 0 aliphatic rings. The summed E-state index contributed by atoms with van der Waals surface area (Å²) in [5.41, 5.74) is 0. The molecule has 0 aromatic rings. The van der Waals surface area contributed by atoms with Crippen molar-refractivity contribution in [2.75, 3.05) is 0 Å². The molecule has 0 heterocycles. The number of hydrogen-bond donors (Lipinski definition) is 0. The fraction of sp³-hybridized carbons (Fsp3) is 0. The quantitative estimate of drug-likeness (QED) is 0.388. The van der Waals surface area contributed by atoms with Gasteiger partial charge in [0.15, 0.2) is 5.83 Å². The number of rotatable bonds is 1. The Hall–Kier alpha value is -1.86. The first-order valence-corrected chi connectivity index (χ1v) is 1.49. The van der Waals surface area contributed by atoms with Gasteiger partial charge in [-0.05, 0) is 0 Å². The van der Waals surface area contributed by atoms with Crippen LogP contribution in [0, 0.1) is 7.11 Å². The molecule has 0 amide bonds. The monoisotopic (exact) mass is 370 g/mol. The van der Waals surface area contributed by atoms with Gasteiger partial charge in [-0.1, -0.05) is 6.58 Å². The molecule has 0 saturated carbocycles. The number of hydrogen-bond acceptors (Lipinski definition) is 2. The van der Waals surface area contributed by atoms with E-state index >= 15 is 0 Å². The van der Waals surface area contributed by atoms with Gasteiger partial charge in [0.1, 0.15) is 0 Å². The van der Waals surface area contributed by atoms with Crippen LogP contribution in [0.4, 0.5) is 4.39 Å². The van der Waals surface area contributed by atoms with Crippen LogP contribution in [0.5, 0.6) is 0 Å². The Labute approximate surface area is 40.6 Å². The normalized spacial score (nSPS) is 6.75. The fourth-order valence-corrected chi connectivity index (χ4v) is 0.0783. The van der Waals surface area contributed by atoms with Gasteiger partial charge < -0.3 is 4.74 Å². The summed E-state index contributed by atoms with van der Waals surface area (Å²) >= 11 is 0. The van der Waals surface area contributed by atoms with Crippen molar-refractivity contribution in [3.63, 3.8) is 0 Å². The van der Waals surface area contributed by atoms with Crippen molar-refractivity contribution < 1.29 is 13.9 Å². The zero-order valence-electron chi connectivity index (χ0n) is 4.32. The van der Waals surface area contributed by atoms with Crippen molar-refractivity contribution >= 4 is 5.97 Å². The summed E-state index contributed by atoms with van der Waals surface area (Å²) in [7, 11) is 2.66. The molecule has 8 heavy (non-hydrogen) atoms. The summed E-state index contributed by atoms with van der Waals surface area (Å²) in [4.78, 5) is 9.75. The van der Waals surface area contributed by atoms with Crippen LogP contribution in [0.3, 0.4) is 0 Å². The average molecular weight is 370 g/mol. The van der Waals surface area contributed by atoms with Crippen molar-refractivity contribution in [1.29, 1.82) is 0 Å². The first kappa shape index (κ1) is 9.46. The first-order chi connectivity index (χ1) is 3.18. The second kappa shape index (κ2) is 3.33. The molecule has 0 atom stereocenters. The van der Waals surface area contributed by atoms with Crippen molar-refractivity contribution in [2.24, 2.45) is 0 Å². The maximum absolute atomic E-state index is 11.4. The van der Waals surface area contributed by atoms with Crippen LogP contribution >= 0.6 is 0 Å². The molecule has 0 aliphatic heterocycles. The third kappa shape index (κ3) is 2.38. The zero-order valence-corrected chi connectivity index (χ0v) is 10.7. The molecule has 0 aromatic carbocycles. The average Bonchev–Trinajstić information content (AvgIpc) is 1.65. The molecule has 0 N–H and O–H groups in total. The number of carbonyl (C=O) groups is 1. The van der Waals surface area contributed by atoms with Gasteiger partial charge in [-0.3, -0.25) is 0 Å². The van der Waals surface area contributed by atoms with E-state index in [4.69, 9.17) is 0 Å². The largest absolute Gasteiger partial charge is 0.635 e. The van der Waals surface area contributed by atoms with E-state index in [0.29, 0.717) is 0 Å². The van der Waals surface area contributed by atoms with Crippen LogP contribution < -0.4 is 0 Å². The predicted molar refractivity (Wildman–Crippen MR) is 21.7 cm³/mol. The summed E-state index contributed by atoms with van der Waals surface area (Å²) in [6.45, 7) is 2.64. The standard InChI is InChI=1S/C4H4FO2.Rf/c1-3(5)4(6)7-2;/h1-2H2;/q-1;. The summed E-state index contributed by atoms with van der Waals surface area (Å²) < 4.78 is 15.0. The topological polar surface area (TPSA) is 26.3 Å². The van der Waals surface area contributed by atoms with Crippen molar-refractivity contribution in [1.82, 2.24) is 0 Å². The molecule has 0 fully saturated rings. The van der Waals surface area contributed by atoms with Crippen molar-refractivity contribution in [3.05, 3.63) is 19.5 Å². The van der Waals surface area contributed by atoms with Crippen LogP contribution in [0.25, 0.3) is 0 Å². The molecule has 42 valence electrons. The number of ether oxygens (including phenoxy) is 1. The molecule has 0 radical (unpaired) electrons. The first-order valence-electron chi connectivity index (χ1n) is 1.49. The molecule has 4 heteroatoms. The Bertz CT molecular complexity index is 102.